The number of hydrogen-bond donors (Lipinski definition) is 0. The molecule has 134 valence electrons. The molecule has 0 radical (unpaired) electrons. The third-order valence-electron chi connectivity index (χ3n) is 4.21. The van der Waals surface area contributed by atoms with Crippen LogP contribution in [0.4, 0.5) is 10.5 Å². The second-order valence-corrected chi connectivity index (χ2v) is 6.86. The van der Waals surface area contributed by atoms with Crippen LogP contribution in [0.15, 0.2) is 64.1 Å². The van der Waals surface area contributed by atoms with E-state index >= 15 is 0 Å². The number of amides is 4. The summed E-state index contributed by atoms with van der Waals surface area (Å²) in [5, 5.41) is 1.08. The van der Waals surface area contributed by atoms with E-state index in [1.54, 1.807) is 23.9 Å². The fraction of sp³-hybridized carbons (Fsp3) is 0.211. The topological polar surface area (TPSA) is 60.9 Å². The molecule has 0 unspecified atom stereocenters. The predicted molar refractivity (Wildman–Crippen MR) is 102 cm³/mol. The summed E-state index contributed by atoms with van der Waals surface area (Å²) in [6.07, 6.45) is 6.83. The summed E-state index contributed by atoms with van der Waals surface area (Å²) >= 11 is 1.68. The summed E-state index contributed by atoms with van der Waals surface area (Å²) in [5.41, 5.74) is 1.15. The van der Waals surface area contributed by atoms with Gasteiger partial charge in [-0.2, -0.15) is 0 Å². The zero-order valence-corrected chi connectivity index (χ0v) is 15.6. The fourth-order valence-electron chi connectivity index (χ4n) is 2.79. The van der Waals surface area contributed by atoms with Crippen LogP contribution in [-0.4, -0.2) is 48.3 Å². The van der Waals surface area contributed by atoms with Gasteiger partial charge in [0.1, 0.15) is 5.57 Å². The molecule has 0 bridgehead atoms. The van der Waals surface area contributed by atoms with Gasteiger partial charge < -0.3 is 4.90 Å². The molecule has 1 fully saturated rings. The molecule has 2 aliphatic heterocycles. The maximum atomic E-state index is 12.1. The Morgan fingerprint density at radius 2 is 1.58 bits per heavy atom. The first-order valence-electron chi connectivity index (χ1n) is 8.18. The smallest absolute Gasteiger partial charge is 0.333 e. The SMILES string of the molecule is CCN1/C(=C/C=C/C=C2C(=O)N(C)C(=O)N(C)C2=O)Sc2ccccc21. The van der Waals surface area contributed by atoms with Crippen LogP contribution in [0.5, 0.6) is 0 Å². The van der Waals surface area contributed by atoms with E-state index in [1.165, 1.54) is 30.8 Å². The summed E-state index contributed by atoms with van der Waals surface area (Å²) in [6.45, 7) is 2.93. The number of benzene rings is 1. The standard InChI is InChI=1S/C19H19N3O3S/c1-4-22-14-10-6-7-11-15(14)26-16(22)12-8-5-9-13-17(23)20(2)19(25)21(3)18(13)24/h5-12H,4H2,1-3H3/b8-5+,16-12-. The molecule has 3 rings (SSSR count). The van der Waals surface area contributed by atoms with Gasteiger partial charge in [-0.25, -0.2) is 4.79 Å². The molecular formula is C19H19N3O3S. The first-order valence-corrected chi connectivity index (χ1v) is 9.00. The van der Waals surface area contributed by atoms with Crippen molar-refractivity contribution in [2.24, 2.45) is 0 Å². The molecule has 0 saturated carbocycles. The molecule has 0 aromatic heterocycles. The number of imide groups is 2. The number of carbonyl (C=O) groups is 3. The quantitative estimate of drug-likeness (QED) is 0.605. The number of carbonyl (C=O) groups excluding carboxylic acids is 3. The molecule has 2 heterocycles. The molecule has 1 aromatic carbocycles. The summed E-state index contributed by atoms with van der Waals surface area (Å²) in [5.74, 6) is -1.18. The normalized spacial score (nSPS) is 19.2. The van der Waals surface area contributed by atoms with Gasteiger partial charge in [-0.1, -0.05) is 36.0 Å². The van der Waals surface area contributed by atoms with Crippen LogP contribution < -0.4 is 4.90 Å². The Hall–Kier alpha value is -2.80. The zero-order valence-electron chi connectivity index (χ0n) is 14.8. The van der Waals surface area contributed by atoms with Gasteiger partial charge in [-0.15, -0.1) is 0 Å². The number of allylic oxidation sites excluding steroid dienone is 4. The summed E-state index contributed by atoms with van der Waals surface area (Å²) in [7, 11) is 2.72. The summed E-state index contributed by atoms with van der Waals surface area (Å²) in [6, 6.07) is 7.57. The zero-order chi connectivity index (χ0) is 18.8. The Balaban J connectivity index is 1.80. The lowest BCUT2D eigenvalue weighted by Crippen LogP contribution is -2.52. The van der Waals surface area contributed by atoms with Crippen molar-refractivity contribution >= 4 is 35.3 Å². The van der Waals surface area contributed by atoms with E-state index in [-0.39, 0.29) is 5.57 Å². The lowest BCUT2D eigenvalue weighted by molar-refractivity contribution is -0.134. The Morgan fingerprint density at radius 3 is 2.23 bits per heavy atom. The van der Waals surface area contributed by atoms with Gasteiger partial charge in [-0.3, -0.25) is 19.4 Å². The number of rotatable bonds is 3. The first-order chi connectivity index (χ1) is 12.5. The third kappa shape index (κ3) is 3.06. The number of para-hydroxylation sites is 1. The lowest BCUT2D eigenvalue weighted by atomic mass is 10.1. The average molecular weight is 369 g/mol. The van der Waals surface area contributed by atoms with Crippen LogP contribution in [0.3, 0.4) is 0 Å². The van der Waals surface area contributed by atoms with E-state index in [9.17, 15) is 14.4 Å². The van der Waals surface area contributed by atoms with Gasteiger partial charge in [0.15, 0.2) is 0 Å². The minimum Gasteiger partial charge on any atom is -0.335 e. The number of barbiturate groups is 1. The average Bonchev–Trinajstić information content (AvgIpc) is 3.01. The minimum absolute atomic E-state index is 0.0287. The Bertz CT molecular complexity index is 847. The molecule has 6 nitrogen and oxygen atoms in total. The predicted octanol–water partition coefficient (Wildman–Crippen LogP) is 2.99. The number of nitrogens with zero attached hydrogens (tertiary/aromatic N) is 3. The Kier molecular flexibility index (Phi) is 4.99. The van der Waals surface area contributed by atoms with Crippen molar-refractivity contribution in [1.29, 1.82) is 0 Å². The number of urea groups is 1. The highest BCUT2D eigenvalue weighted by atomic mass is 32.2. The van der Waals surface area contributed by atoms with Crippen LogP contribution in [0.1, 0.15) is 6.92 Å². The number of thioether (sulfide) groups is 1. The number of anilines is 1. The largest absolute Gasteiger partial charge is 0.335 e. The highest BCUT2D eigenvalue weighted by molar-refractivity contribution is 8.03. The van der Waals surface area contributed by atoms with Crippen LogP contribution >= 0.6 is 11.8 Å². The van der Waals surface area contributed by atoms with Crippen molar-refractivity contribution in [3.63, 3.8) is 0 Å². The third-order valence-corrected chi connectivity index (χ3v) is 5.34. The second kappa shape index (κ2) is 7.21. The van der Waals surface area contributed by atoms with E-state index in [0.29, 0.717) is 0 Å². The molecular weight excluding hydrogens is 350 g/mol. The van der Waals surface area contributed by atoms with Crippen molar-refractivity contribution in [3.05, 3.63) is 59.2 Å². The molecule has 26 heavy (non-hydrogen) atoms. The van der Waals surface area contributed by atoms with E-state index in [0.717, 1.165) is 21.4 Å². The van der Waals surface area contributed by atoms with Crippen molar-refractivity contribution in [2.45, 2.75) is 11.8 Å². The number of hydrogen-bond acceptors (Lipinski definition) is 5. The van der Waals surface area contributed by atoms with Crippen molar-refractivity contribution in [1.82, 2.24) is 9.80 Å². The van der Waals surface area contributed by atoms with E-state index < -0.39 is 17.8 Å². The van der Waals surface area contributed by atoms with Crippen LogP contribution in [0.25, 0.3) is 0 Å². The molecule has 2 aliphatic rings. The van der Waals surface area contributed by atoms with Crippen molar-refractivity contribution in [3.8, 4) is 0 Å². The van der Waals surface area contributed by atoms with Crippen LogP contribution in [0.2, 0.25) is 0 Å². The van der Waals surface area contributed by atoms with Gasteiger partial charge in [-0.05, 0) is 31.2 Å². The van der Waals surface area contributed by atoms with Gasteiger partial charge in [0.05, 0.1) is 10.7 Å². The summed E-state index contributed by atoms with van der Waals surface area (Å²) < 4.78 is 0. The van der Waals surface area contributed by atoms with E-state index in [4.69, 9.17) is 0 Å². The molecule has 1 saturated heterocycles. The highest BCUT2D eigenvalue weighted by Crippen LogP contribution is 2.45. The maximum Gasteiger partial charge on any atom is 0.333 e. The van der Waals surface area contributed by atoms with Gasteiger partial charge in [0.2, 0.25) is 0 Å². The Labute approximate surface area is 156 Å². The molecule has 0 spiro atoms. The first kappa shape index (κ1) is 18.0. The lowest BCUT2D eigenvalue weighted by Gasteiger charge is -2.28. The van der Waals surface area contributed by atoms with Crippen LogP contribution in [-0.2, 0) is 9.59 Å². The minimum atomic E-state index is -0.623. The molecule has 1 aromatic rings. The molecule has 0 aliphatic carbocycles. The maximum absolute atomic E-state index is 12.1. The van der Waals surface area contributed by atoms with Gasteiger partial charge in [0, 0.05) is 25.5 Å². The monoisotopic (exact) mass is 369 g/mol. The highest BCUT2D eigenvalue weighted by Gasteiger charge is 2.37. The van der Waals surface area contributed by atoms with Crippen molar-refractivity contribution in [2.75, 3.05) is 25.5 Å². The van der Waals surface area contributed by atoms with Crippen LogP contribution in [0, 0.1) is 0 Å². The number of likely N-dealkylation sites (N-methyl/N-ethyl adjacent to an activating group) is 2. The summed E-state index contributed by atoms with van der Waals surface area (Å²) in [4.78, 5) is 41.2. The van der Waals surface area contributed by atoms with E-state index in [2.05, 4.69) is 24.0 Å². The fourth-order valence-corrected chi connectivity index (χ4v) is 3.93. The van der Waals surface area contributed by atoms with Crippen molar-refractivity contribution < 1.29 is 14.4 Å². The molecule has 7 heteroatoms. The Morgan fingerprint density at radius 1 is 0.962 bits per heavy atom. The second-order valence-electron chi connectivity index (χ2n) is 5.80. The molecule has 0 atom stereocenters. The van der Waals surface area contributed by atoms with E-state index in [1.807, 2.05) is 18.2 Å². The molecule has 0 N–H and O–H groups in total. The van der Waals surface area contributed by atoms with Gasteiger partial charge in [0.25, 0.3) is 11.8 Å². The molecule has 4 amide bonds. The van der Waals surface area contributed by atoms with Gasteiger partial charge >= 0.3 is 6.03 Å². The number of fused-ring (bicyclic) bond motifs is 1.